The molecular formula is C11H11F3N2O2. The van der Waals surface area contributed by atoms with Gasteiger partial charge in [-0.15, -0.1) is 13.2 Å². The van der Waals surface area contributed by atoms with Crippen molar-refractivity contribution in [1.29, 1.82) is 5.26 Å². The minimum Gasteiger partial charge on any atom is -0.496 e. The van der Waals surface area contributed by atoms with E-state index < -0.39 is 18.2 Å². The second kappa shape index (κ2) is 5.60. The van der Waals surface area contributed by atoms with Gasteiger partial charge in [0.25, 0.3) is 0 Å². The second-order valence-corrected chi connectivity index (χ2v) is 3.42. The molecule has 0 spiro atoms. The molecule has 0 saturated carbocycles. The van der Waals surface area contributed by atoms with Gasteiger partial charge in [-0.1, -0.05) is 6.07 Å². The molecule has 4 nitrogen and oxygen atoms in total. The van der Waals surface area contributed by atoms with Crippen molar-refractivity contribution in [1.82, 2.24) is 0 Å². The first kappa shape index (κ1) is 14.1. The number of benzene rings is 1. The van der Waals surface area contributed by atoms with Gasteiger partial charge in [-0.3, -0.25) is 0 Å². The maximum Gasteiger partial charge on any atom is 0.573 e. The van der Waals surface area contributed by atoms with Gasteiger partial charge in [-0.05, 0) is 6.07 Å². The number of ether oxygens (including phenoxy) is 2. The smallest absolute Gasteiger partial charge is 0.496 e. The summed E-state index contributed by atoms with van der Waals surface area (Å²) in [6.45, 7) is 0. The van der Waals surface area contributed by atoms with Crippen molar-refractivity contribution in [2.24, 2.45) is 5.73 Å². The van der Waals surface area contributed by atoms with Crippen LogP contribution >= 0.6 is 0 Å². The fraction of sp³-hybridized carbons (Fsp3) is 0.364. The molecule has 0 fully saturated rings. The van der Waals surface area contributed by atoms with Crippen LogP contribution in [0.5, 0.6) is 11.5 Å². The van der Waals surface area contributed by atoms with Gasteiger partial charge >= 0.3 is 6.36 Å². The standard InChI is InChI=1S/C11H11F3N2O2/c1-17-10-6-7(18-11(12,13)14)2-3-8(10)9(16)4-5-15/h2-3,6,9H,4,16H2,1H3/t9-/m0/s1. The molecule has 0 aromatic heterocycles. The zero-order valence-electron chi connectivity index (χ0n) is 9.49. The van der Waals surface area contributed by atoms with E-state index in [1.54, 1.807) is 0 Å². The molecule has 0 saturated heterocycles. The maximum atomic E-state index is 12.0. The van der Waals surface area contributed by atoms with Crippen molar-refractivity contribution < 1.29 is 22.6 Å². The quantitative estimate of drug-likeness (QED) is 0.903. The zero-order chi connectivity index (χ0) is 13.8. The fourth-order valence-corrected chi connectivity index (χ4v) is 1.40. The van der Waals surface area contributed by atoms with Crippen LogP contribution in [0.4, 0.5) is 13.2 Å². The average Bonchev–Trinajstić information content (AvgIpc) is 2.27. The zero-order valence-corrected chi connectivity index (χ0v) is 9.49. The lowest BCUT2D eigenvalue weighted by atomic mass is 10.0. The summed E-state index contributed by atoms with van der Waals surface area (Å²) < 4.78 is 44.8. The Balaban J connectivity index is 3.01. The van der Waals surface area contributed by atoms with E-state index in [1.807, 2.05) is 6.07 Å². The van der Waals surface area contributed by atoms with Crippen LogP contribution in [0.3, 0.4) is 0 Å². The highest BCUT2D eigenvalue weighted by molar-refractivity contribution is 5.42. The number of methoxy groups -OCH3 is 1. The first-order valence-electron chi connectivity index (χ1n) is 4.93. The molecule has 1 atom stereocenters. The van der Waals surface area contributed by atoms with Gasteiger partial charge in [0, 0.05) is 17.7 Å². The van der Waals surface area contributed by atoms with Crippen LogP contribution in [0.15, 0.2) is 18.2 Å². The SMILES string of the molecule is COc1cc(OC(F)(F)F)ccc1[C@@H](N)CC#N. The van der Waals surface area contributed by atoms with Gasteiger partial charge in [0.2, 0.25) is 0 Å². The van der Waals surface area contributed by atoms with Gasteiger partial charge in [0.15, 0.2) is 0 Å². The van der Waals surface area contributed by atoms with E-state index in [-0.39, 0.29) is 12.2 Å². The van der Waals surface area contributed by atoms with E-state index in [0.717, 1.165) is 12.1 Å². The lowest BCUT2D eigenvalue weighted by Crippen LogP contribution is -2.17. The van der Waals surface area contributed by atoms with Gasteiger partial charge in [-0.25, -0.2) is 0 Å². The first-order valence-corrected chi connectivity index (χ1v) is 4.93. The van der Waals surface area contributed by atoms with E-state index >= 15 is 0 Å². The molecule has 0 unspecified atom stereocenters. The Bertz CT molecular complexity index is 455. The van der Waals surface area contributed by atoms with Crippen molar-refractivity contribution in [3.63, 3.8) is 0 Å². The molecule has 0 bridgehead atoms. The van der Waals surface area contributed by atoms with Crippen molar-refractivity contribution >= 4 is 0 Å². The molecule has 2 N–H and O–H groups in total. The van der Waals surface area contributed by atoms with Gasteiger partial charge in [0.05, 0.1) is 19.6 Å². The third-order valence-corrected chi connectivity index (χ3v) is 2.15. The molecule has 18 heavy (non-hydrogen) atoms. The summed E-state index contributed by atoms with van der Waals surface area (Å²) >= 11 is 0. The number of alkyl halides is 3. The Kier molecular flexibility index (Phi) is 4.39. The predicted octanol–water partition coefficient (Wildman–Crippen LogP) is 2.51. The van der Waals surface area contributed by atoms with Gasteiger partial charge in [-0.2, -0.15) is 5.26 Å². The van der Waals surface area contributed by atoms with E-state index in [2.05, 4.69) is 4.74 Å². The first-order chi connectivity index (χ1) is 8.37. The average molecular weight is 260 g/mol. The van der Waals surface area contributed by atoms with Gasteiger partial charge in [0.1, 0.15) is 11.5 Å². The summed E-state index contributed by atoms with van der Waals surface area (Å²) in [6, 6.07) is 4.82. The van der Waals surface area contributed by atoms with Crippen molar-refractivity contribution in [3.05, 3.63) is 23.8 Å². The second-order valence-electron chi connectivity index (χ2n) is 3.42. The van der Waals surface area contributed by atoms with E-state index in [4.69, 9.17) is 15.7 Å². The molecule has 1 aromatic rings. The minimum absolute atomic E-state index is 0.0375. The normalized spacial score (nSPS) is 12.7. The number of rotatable bonds is 4. The Morgan fingerprint density at radius 1 is 1.44 bits per heavy atom. The molecule has 0 radical (unpaired) electrons. The number of nitrogens with zero attached hydrogens (tertiary/aromatic N) is 1. The van der Waals surface area contributed by atoms with Crippen LogP contribution in [0.25, 0.3) is 0 Å². The predicted molar refractivity (Wildman–Crippen MR) is 56.8 cm³/mol. The fourth-order valence-electron chi connectivity index (χ4n) is 1.40. The molecule has 0 amide bonds. The van der Waals surface area contributed by atoms with Crippen molar-refractivity contribution in [2.45, 2.75) is 18.8 Å². The number of hydrogen-bond donors (Lipinski definition) is 1. The molecule has 0 heterocycles. The molecule has 0 aliphatic carbocycles. The number of hydrogen-bond acceptors (Lipinski definition) is 4. The van der Waals surface area contributed by atoms with Gasteiger partial charge < -0.3 is 15.2 Å². The molecular weight excluding hydrogens is 249 g/mol. The van der Waals surface area contributed by atoms with Crippen LogP contribution in [-0.4, -0.2) is 13.5 Å². The van der Waals surface area contributed by atoms with E-state index in [1.165, 1.54) is 13.2 Å². The molecule has 7 heteroatoms. The third-order valence-electron chi connectivity index (χ3n) is 2.15. The Morgan fingerprint density at radius 2 is 2.11 bits per heavy atom. The van der Waals surface area contributed by atoms with Crippen molar-refractivity contribution in [3.8, 4) is 17.6 Å². The highest BCUT2D eigenvalue weighted by Crippen LogP contribution is 2.32. The minimum atomic E-state index is -4.76. The van der Waals surface area contributed by atoms with Crippen molar-refractivity contribution in [2.75, 3.05) is 7.11 Å². The Morgan fingerprint density at radius 3 is 2.61 bits per heavy atom. The molecule has 0 aliphatic heterocycles. The van der Waals surface area contributed by atoms with Crippen LogP contribution in [0, 0.1) is 11.3 Å². The Labute approximate surface area is 102 Å². The van der Waals surface area contributed by atoms with Crippen LogP contribution in [0.1, 0.15) is 18.0 Å². The summed E-state index contributed by atoms with van der Waals surface area (Å²) in [5, 5.41) is 8.52. The summed E-state index contributed by atoms with van der Waals surface area (Å²) in [6.07, 6.45) is -4.73. The summed E-state index contributed by atoms with van der Waals surface area (Å²) in [4.78, 5) is 0. The van der Waals surface area contributed by atoms with Crippen LogP contribution in [-0.2, 0) is 0 Å². The topological polar surface area (TPSA) is 68.3 Å². The highest BCUT2D eigenvalue weighted by atomic mass is 19.4. The molecule has 1 aromatic carbocycles. The lowest BCUT2D eigenvalue weighted by molar-refractivity contribution is -0.274. The maximum absolute atomic E-state index is 12.0. The number of nitriles is 1. The molecule has 1 rings (SSSR count). The Hall–Kier alpha value is -1.94. The monoisotopic (exact) mass is 260 g/mol. The third kappa shape index (κ3) is 3.82. The summed E-state index contributed by atoms with van der Waals surface area (Å²) in [5.41, 5.74) is 6.15. The molecule has 98 valence electrons. The largest absolute Gasteiger partial charge is 0.573 e. The van der Waals surface area contributed by atoms with Crippen LogP contribution < -0.4 is 15.2 Å². The van der Waals surface area contributed by atoms with E-state index in [0.29, 0.717) is 5.56 Å². The number of nitrogens with two attached hydrogens (primary N) is 1. The van der Waals surface area contributed by atoms with E-state index in [9.17, 15) is 13.2 Å². The number of halogens is 3. The summed E-state index contributed by atoms with van der Waals surface area (Å²) in [7, 11) is 1.30. The summed E-state index contributed by atoms with van der Waals surface area (Å²) in [5.74, 6) is -0.244. The van der Waals surface area contributed by atoms with Crippen LogP contribution in [0.2, 0.25) is 0 Å². The molecule has 0 aliphatic rings. The highest BCUT2D eigenvalue weighted by Gasteiger charge is 2.31. The lowest BCUT2D eigenvalue weighted by Gasteiger charge is -2.15.